The predicted octanol–water partition coefficient (Wildman–Crippen LogP) is 4.51. The number of rotatable bonds is 16. The Labute approximate surface area is 318 Å². The van der Waals surface area contributed by atoms with Crippen molar-refractivity contribution in [3.8, 4) is 11.4 Å². The first kappa shape index (κ1) is 37.8. The lowest BCUT2D eigenvalue weighted by atomic mass is 9.89. The van der Waals surface area contributed by atoms with Crippen molar-refractivity contribution >= 4 is 17.8 Å². The summed E-state index contributed by atoms with van der Waals surface area (Å²) in [6.07, 6.45) is 1.42. The zero-order valence-corrected chi connectivity index (χ0v) is 30.3. The van der Waals surface area contributed by atoms with Crippen LogP contribution < -0.4 is 28.2 Å². The Balaban J connectivity index is 1.37. The summed E-state index contributed by atoms with van der Waals surface area (Å²) in [7, 11) is 0. The van der Waals surface area contributed by atoms with Crippen molar-refractivity contribution in [3.63, 3.8) is 0 Å². The molecule has 0 spiro atoms. The number of amides is 2. The summed E-state index contributed by atoms with van der Waals surface area (Å²) in [5.74, 6) is -1.80. The average Bonchev–Trinajstić information content (AvgIpc) is 3.45. The Morgan fingerprint density at radius 2 is 1.15 bits per heavy atom. The van der Waals surface area contributed by atoms with Crippen LogP contribution in [0.1, 0.15) is 47.4 Å². The molecule has 1 atom stereocenters. The van der Waals surface area contributed by atoms with Crippen molar-refractivity contribution in [2.75, 3.05) is 6.54 Å². The minimum absolute atomic E-state index is 0.0365. The summed E-state index contributed by atoms with van der Waals surface area (Å²) in [5, 5.41) is 10.2. The lowest BCUT2D eigenvalue weighted by molar-refractivity contribution is -0.141. The normalized spacial score (nSPS) is 11.6. The van der Waals surface area contributed by atoms with Crippen LogP contribution in [0.4, 0.5) is 0 Å². The van der Waals surface area contributed by atoms with Crippen LogP contribution in [0.3, 0.4) is 0 Å². The van der Waals surface area contributed by atoms with E-state index < -0.39 is 29.2 Å². The molecule has 2 amide bonds. The van der Waals surface area contributed by atoms with Gasteiger partial charge < -0.3 is 21.7 Å². The van der Waals surface area contributed by atoms with Gasteiger partial charge in [0.25, 0.3) is 0 Å². The highest BCUT2D eigenvalue weighted by atomic mass is 16.2. The Morgan fingerprint density at radius 3 is 1.64 bits per heavy atom. The number of hydrogen-bond donors (Lipinski definition) is 4. The van der Waals surface area contributed by atoms with Crippen molar-refractivity contribution in [2.24, 2.45) is 11.5 Å². The largest absolute Gasteiger partial charge is 0.370 e. The molecule has 55 heavy (non-hydrogen) atoms. The van der Waals surface area contributed by atoms with Crippen LogP contribution in [0.15, 0.2) is 155 Å². The first-order chi connectivity index (χ1) is 26.7. The summed E-state index contributed by atoms with van der Waals surface area (Å²) in [6, 6.07) is 43.2. The summed E-state index contributed by atoms with van der Waals surface area (Å²) in [4.78, 5) is 57.7. The van der Waals surface area contributed by atoms with E-state index in [2.05, 4.69) is 5.32 Å². The Morgan fingerprint density at radius 1 is 0.655 bits per heavy atom. The van der Waals surface area contributed by atoms with E-state index in [-0.39, 0.29) is 31.4 Å². The van der Waals surface area contributed by atoms with Gasteiger partial charge in [-0.2, -0.15) is 9.36 Å². The number of primary amides is 1. The average molecular weight is 737 g/mol. The molecule has 6 rings (SSSR count). The molecule has 0 unspecified atom stereocenters. The minimum Gasteiger partial charge on any atom is -0.370 e. The molecular formula is C43H44N8O4. The number of aromatic nitrogens is 3. The molecule has 0 aliphatic carbocycles. The summed E-state index contributed by atoms with van der Waals surface area (Å²) in [6.45, 7) is 0.437. The number of guanidine groups is 1. The molecule has 0 radical (unpaired) electrons. The van der Waals surface area contributed by atoms with Gasteiger partial charge in [0.15, 0.2) is 5.96 Å². The smallest absolute Gasteiger partial charge is 0.352 e. The predicted molar refractivity (Wildman–Crippen MR) is 213 cm³/mol. The minimum atomic E-state index is -0.955. The van der Waals surface area contributed by atoms with Crippen molar-refractivity contribution in [2.45, 2.75) is 44.3 Å². The zero-order valence-electron chi connectivity index (χ0n) is 30.3. The van der Waals surface area contributed by atoms with Crippen LogP contribution in [0.2, 0.25) is 0 Å². The van der Waals surface area contributed by atoms with E-state index in [1.54, 1.807) is 59.5 Å². The fourth-order valence-corrected chi connectivity index (χ4v) is 6.83. The van der Waals surface area contributed by atoms with Gasteiger partial charge >= 0.3 is 11.4 Å². The Bertz CT molecular complexity index is 2230. The molecular weight excluding hydrogens is 693 g/mol. The van der Waals surface area contributed by atoms with Crippen LogP contribution in [0.5, 0.6) is 0 Å². The van der Waals surface area contributed by atoms with Crippen molar-refractivity contribution in [1.82, 2.24) is 24.1 Å². The number of unbranched alkanes of at least 4 members (excludes halogenated alkanes) is 1. The number of benzene rings is 5. The first-order valence-corrected chi connectivity index (χ1v) is 18.1. The van der Waals surface area contributed by atoms with Gasteiger partial charge in [-0.1, -0.05) is 121 Å². The maximum Gasteiger partial charge on any atom is 0.352 e. The van der Waals surface area contributed by atoms with Crippen molar-refractivity contribution in [3.05, 3.63) is 189 Å². The molecule has 0 aliphatic rings. The van der Waals surface area contributed by atoms with E-state index in [0.717, 1.165) is 11.1 Å². The third-order valence-corrected chi connectivity index (χ3v) is 9.43. The van der Waals surface area contributed by atoms with Gasteiger partial charge in [-0.05, 0) is 65.8 Å². The van der Waals surface area contributed by atoms with Gasteiger partial charge in [0.05, 0.1) is 23.8 Å². The van der Waals surface area contributed by atoms with E-state index in [4.69, 9.17) is 16.9 Å². The summed E-state index contributed by atoms with van der Waals surface area (Å²) >= 11 is 0. The third kappa shape index (κ3) is 8.99. The Kier molecular flexibility index (Phi) is 12.2. The SMILES string of the molecule is N=C(N)NCCCC[C@H](C(N)=O)N(Cc1cccc(Cn2c(=O)n(-c3ccccc3)n(-c3ccccc3)c2=O)c1)C(=O)C(c1ccccc1)c1ccccc1. The van der Waals surface area contributed by atoms with Gasteiger partial charge in [0.2, 0.25) is 11.8 Å². The van der Waals surface area contributed by atoms with Gasteiger partial charge in [-0.3, -0.25) is 15.0 Å². The molecule has 6 N–H and O–H groups in total. The van der Waals surface area contributed by atoms with Gasteiger partial charge in [-0.25, -0.2) is 14.2 Å². The molecule has 5 aromatic carbocycles. The molecule has 0 saturated heterocycles. The van der Waals surface area contributed by atoms with Gasteiger partial charge in [0.1, 0.15) is 6.04 Å². The first-order valence-electron chi connectivity index (χ1n) is 18.1. The van der Waals surface area contributed by atoms with E-state index in [9.17, 15) is 19.2 Å². The molecule has 0 bridgehead atoms. The number of para-hydroxylation sites is 2. The lowest BCUT2D eigenvalue weighted by Gasteiger charge is -2.33. The molecule has 280 valence electrons. The number of nitrogens with two attached hydrogens (primary N) is 2. The number of nitrogens with zero attached hydrogens (tertiary/aromatic N) is 4. The second kappa shape index (κ2) is 17.7. The quantitative estimate of drug-likeness (QED) is 0.0647. The fourth-order valence-electron chi connectivity index (χ4n) is 6.83. The van der Waals surface area contributed by atoms with E-state index in [1.807, 2.05) is 91.0 Å². The van der Waals surface area contributed by atoms with Crippen LogP contribution in [0, 0.1) is 5.41 Å². The second-order valence-corrected chi connectivity index (χ2v) is 13.2. The van der Waals surface area contributed by atoms with Crippen molar-refractivity contribution < 1.29 is 9.59 Å². The Hall–Kier alpha value is -6.95. The second-order valence-electron chi connectivity index (χ2n) is 13.2. The summed E-state index contributed by atoms with van der Waals surface area (Å²) in [5.41, 5.74) is 14.4. The van der Waals surface area contributed by atoms with Crippen LogP contribution >= 0.6 is 0 Å². The van der Waals surface area contributed by atoms with Crippen LogP contribution in [0.25, 0.3) is 11.4 Å². The monoisotopic (exact) mass is 736 g/mol. The molecule has 1 heterocycles. The maximum absolute atomic E-state index is 14.9. The topological polar surface area (TPSA) is 174 Å². The zero-order chi connectivity index (χ0) is 38.7. The van der Waals surface area contributed by atoms with Crippen molar-refractivity contribution in [1.29, 1.82) is 5.41 Å². The molecule has 6 aromatic rings. The highest BCUT2D eigenvalue weighted by molar-refractivity contribution is 5.92. The molecule has 12 nitrogen and oxygen atoms in total. The lowest BCUT2D eigenvalue weighted by Crippen LogP contribution is -2.49. The van der Waals surface area contributed by atoms with Gasteiger partial charge in [-0.15, -0.1) is 0 Å². The molecule has 0 fully saturated rings. The van der Waals surface area contributed by atoms with Gasteiger partial charge in [0, 0.05) is 13.1 Å². The molecule has 0 saturated carbocycles. The van der Waals surface area contributed by atoms with Crippen LogP contribution in [-0.4, -0.2) is 49.2 Å². The maximum atomic E-state index is 14.9. The molecule has 12 heteroatoms. The third-order valence-electron chi connectivity index (χ3n) is 9.43. The number of carbonyl (C=O) groups excluding carboxylic acids is 2. The number of hydrogen-bond acceptors (Lipinski definition) is 5. The van der Waals surface area contributed by atoms with E-state index in [0.29, 0.717) is 41.9 Å². The van der Waals surface area contributed by atoms with Crippen LogP contribution in [-0.2, 0) is 22.7 Å². The standard InChI is InChI=1S/C43H44N8O4/c44-39(52)37(26-13-14-27-47-41(45)46)48(40(53)38(33-18-5-1-6-19-33)34-20-7-2-8-21-34)29-31-16-15-17-32(28-31)30-49-42(54)50(35-22-9-3-10-23-35)51(43(49)55)36-24-11-4-12-25-36/h1-12,15-25,28,37-38H,13-14,26-27,29-30H2,(H2,44,52)(H4,45,46,47)/t37-/m1/s1. The highest BCUT2D eigenvalue weighted by Crippen LogP contribution is 2.29. The number of carbonyl (C=O) groups is 2. The fraction of sp³-hybridized carbons (Fsp3) is 0.186. The number of nitrogens with one attached hydrogen (secondary N) is 2. The molecule has 0 aliphatic heterocycles. The highest BCUT2D eigenvalue weighted by Gasteiger charge is 2.34. The van der Waals surface area contributed by atoms with E-state index in [1.165, 1.54) is 13.9 Å². The van der Waals surface area contributed by atoms with E-state index >= 15 is 0 Å². The summed E-state index contributed by atoms with van der Waals surface area (Å²) < 4.78 is 3.90. The molecule has 1 aromatic heterocycles.